The summed E-state index contributed by atoms with van der Waals surface area (Å²) in [4.78, 5) is 1.19. The fourth-order valence-corrected chi connectivity index (χ4v) is 2.92. The van der Waals surface area contributed by atoms with Crippen molar-refractivity contribution in [1.29, 1.82) is 0 Å². The molecule has 0 spiro atoms. The Bertz CT molecular complexity index is 537. The predicted molar refractivity (Wildman–Crippen MR) is 84.5 cm³/mol. The molecule has 1 unspecified atom stereocenters. The topological polar surface area (TPSA) is 29.5 Å². The van der Waals surface area contributed by atoms with Crippen LogP contribution in [0.5, 0.6) is 5.75 Å². The number of aliphatic hydroxyl groups excluding tert-OH is 1. The van der Waals surface area contributed by atoms with Gasteiger partial charge in [0.15, 0.2) is 0 Å². The Hall–Kier alpha value is -1.45. The van der Waals surface area contributed by atoms with Crippen LogP contribution in [0, 0.1) is 6.92 Å². The molecule has 20 heavy (non-hydrogen) atoms. The van der Waals surface area contributed by atoms with E-state index in [9.17, 15) is 5.11 Å². The summed E-state index contributed by atoms with van der Waals surface area (Å²) in [5, 5.41) is 10.2. The third-order valence-electron chi connectivity index (χ3n) is 2.97. The Morgan fingerprint density at radius 3 is 2.55 bits per heavy atom. The van der Waals surface area contributed by atoms with Crippen LogP contribution >= 0.6 is 11.8 Å². The highest BCUT2D eigenvalue weighted by molar-refractivity contribution is 7.99. The molecule has 0 aliphatic rings. The first-order chi connectivity index (χ1) is 9.69. The van der Waals surface area contributed by atoms with E-state index in [0.717, 1.165) is 11.3 Å². The van der Waals surface area contributed by atoms with E-state index in [-0.39, 0.29) is 0 Å². The quantitative estimate of drug-likeness (QED) is 0.807. The lowest BCUT2D eigenvalue weighted by Gasteiger charge is -2.12. The maximum Gasteiger partial charge on any atom is 0.119 e. The maximum absolute atomic E-state index is 10.2. The molecule has 0 bridgehead atoms. The van der Waals surface area contributed by atoms with Crippen LogP contribution in [0.1, 0.15) is 24.2 Å². The fourth-order valence-electron chi connectivity index (χ4n) is 1.93. The van der Waals surface area contributed by atoms with E-state index in [0.29, 0.717) is 12.4 Å². The molecule has 2 aromatic rings. The first-order valence-corrected chi connectivity index (χ1v) is 7.78. The monoisotopic (exact) mass is 288 g/mol. The summed E-state index contributed by atoms with van der Waals surface area (Å²) >= 11 is 1.67. The van der Waals surface area contributed by atoms with Crippen LogP contribution in [0.4, 0.5) is 0 Å². The molecule has 0 saturated carbocycles. The zero-order valence-electron chi connectivity index (χ0n) is 11.9. The highest BCUT2D eigenvalue weighted by atomic mass is 32.2. The zero-order valence-corrected chi connectivity index (χ0v) is 12.7. The van der Waals surface area contributed by atoms with Crippen molar-refractivity contribution in [1.82, 2.24) is 0 Å². The summed E-state index contributed by atoms with van der Waals surface area (Å²) < 4.78 is 5.40. The van der Waals surface area contributed by atoms with Gasteiger partial charge >= 0.3 is 0 Å². The molecule has 0 aromatic heterocycles. The predicted octanol–water partition coefficient (Wildman–Crippen LogP) is 4.22. The molecule has 0 amide bonds. The van der Waals surface area contributed by atoms with Gasteiger partial charge in [0, 0.05) is 10.6 Å². The number of hydrogen-bond donors (Lipinski definition) is 1. The number of aryl methyl sites for hydroxylation is 1. The van der Waals surface area contributed by atoms with Gasteiger partial charge in [0.25, 0.3) is 0 Å². The number of thioether (sulfide) groups is 1. The number of aliphatic hydroxyl groups is 1. The standard InChI is InChI=1S/C17H20O2S/c1-3-19-15-9-7-14(8-10-15)17(18)12-20-16-6-4-5-13(2)11-16/h4-11,17-18H,3,12H2,1-2H3. The zero-order chi connectivity index (χ0) is 14.4. The molecular formula is C17H20O2S. The second-order valence-corrected chi connectivity index (χ2v) is 5.74. The molecule has 0 radical (unpaired) electrons. The lowest BCUT2D eigenvalue weighted by atomic mass is 10.1. The minimum absolute atomic E-state index is 0.462. The summed E-state index contributed by atoms with van der Waals surface area (Å²) in [6, 6.07) is 16.0. The second-order valence-electron chi connectivity index (χ2n) is 4.65. The first-order valence-electron chi connectivity index (χ1n) is 6.79. The van der Waals surface area contributed by atoms with Gasteiger partial charge in [-0.3, -0.25) is 0 Å². The molecule has 2 aromatic carbocycles. The van der Waals surface area contributed by atoms with E-state index in [1.165, 1.54) is 10.5 Å². The van der Waals surface area contributed by atoms with Crippen molar-refractivity contribution < 1.29 is 9.84 Å². The smallest absolute Gasteiger partial charge is 0.119 e. The third-order valence-corrected chi connectivity index (χ3v) is 4.04. The molecule has 0 fully saturated rings. The molecule has 0 aliphatic heterocycles. The summed E-state index contributed by atoms with van der Waals surface area (Å²) in [6.45, 7) is 4.69. The molecule has 2 rings (SSSR count). The van der Waals surface area contributed by atoms with Crippen molar-refractivity contribution in [2.45, 2.75) is 24.8 Å². The molecule has 0 saturated heterocycles. The van der Waals surface area contributed by atoms with Crippen molar-refractivity contribution in [2.75, 3.05) is 12.4 Å². The van der Waals surface area contributed by atoms with Crippen molar-refractivity contribution in [3.8, 4) is 5.75 Å². The summed E-state index contributed by atoms with van der Waals surface area (Å²) in [7, 11) is 0. The Morgan fingerprint density at radius 2 is 1.90 bits per heavy atom. The molecular weight excluding hydrogens is 268 g/mol. The van der Waals surface area contributed by atoms with Gasteiger partial charge in [0.2, 0.25) is 0 Å². The van der Waals surface area contributed by atoms with Gasteiger partial charge < -0.3 is 9.84 Å². The van der Waals surface area contributed by atoms with E-state index >= 15 is 0 Å². The van der Waals surface area contributed by atoms with E-state index < -0.39 is 6.10 Å². The van der Waals surface area contributed by atoms with Crippen LogP contribution < -0.4 is 4.74 Å². The highest BCUT2D eigenvalue weighted by Gasteiger charge is 2.08. The van der Waals surface area contributed by atoms with Crippen molar-refractivity contribution in [3.63, 3.8) is 0 Å². The van der Waals surface area contributed by atoms with E-state index in [4.69, 9.17) is 4.74 Å². The molecule has 106 valence electrons. The lowest BCUT2D eigenvalue weighted by Crippen LogP contribution is -2.00. The third kappa shape index (κ3) is 4.29. The average Bonchev–Trinajstić information content (AvgIpc) is 2.46. The van der Waals surface area contributed by atoms with Crippen LogP contribution in [0.3, 0.4) is 0 Å². The van der Waals surface area contributed by atoms with E-state index in [1.54, 1.807) is 11.8 Å². The van der Waals surface area contributed by atoms with E-state index in [1.807, 2.05) is 37.3 Å². The van der Waals surface area contributed by atoms with Crippen LogP contribution in [0.2, 0.25) is 0 Å². The molecule has 1 atom stereocenters. The molecule has 2 nitrogen and oxygen atoms in total. The lowest BCUT2D eigenvalue weighted by molar-refractivity contribution is 0.204. The second kappa shape index (κ2) is 7.36. The normalized spacial score (nSPS) is 12.2. The van der Waals surface area contributed by atoms with Crippen molar-refractivity contribution >= 4 is 11.8 Å². The Balaban J connectivity index is 1.92. The fraction of sp³-hybridized carbons (Fsp3) is 0.294. The number of rotatable bonds is 6. The van der Waals surface area contributed by atoms with Crippen molar-refractivity contribution in [2.24, 2.45) is 0 Å². The minimum Gasteiger partial charge on any atom is -0.494 e. The van der Waals surface area contributed by atoms with Gasteiger partial charge in [-0.25, -0.2) is 0 Å². The number of hydrogen-bond acceptors (Lipinski definition) is 3. The van der Waals surface area contributed by atoms with Gasteiger partial charge in [-0.2, -0.15) is 0 Å². The summed E-state index contributed by atoms with van der Waals surface area (Å²) in [6.07, 6.45) is -0.462. The molecule has 1 N–H and O–H groups in total. The van der Waals surface area contributed by atoms with Crippen LogP contribution in [0.25, 0.3) is 0 Å². The van der Waals surface area contributed by atoms with Crippen LogP contribution in [-0.4, -0.2) is 17.5 Å². The summed E-state index contributed by atoms with van der Waals surface area (Å²) in [5.41, 5.74) is 2.17. The summed E-state index contributed by atoms with van der Waals surface area (Å²) in [5.74, 6) is 1.49. The van der Waals surface area contributed by atoms with Gasteiger partial charge in [0.05, 0.1) is 12.7 Å². The number of ether oxygens (including phenoxy) is 1. The highest BCUT2D eigenvalue weighted by Crippen LogP contribution is 2.26. The SMILES string of the molecule is CCOc1ccc(C(O)CSc2cccc(C)c2)cc1. The Kier molecular flexibility index (Phi) is 5.50. The van der Waals surface area contributed by atoms with E-state index in [2.05, 4.69) is 25.1 Å². The van der Waals surface area contributed by atoms with Gasteiger partial charge in [-0.15, -0.1) is 11.8 Å². The van der Waals surface area contributed by atoms with Crippen molar-refractivity contribution in [3.05, 3.63) is 59.7 Å². The average molecular weight is 288 g/mol. The largest absolute Gasteiger partial charge is 0.494 e. The number of benzene rings is 2. The molecule has 0 heterocycles. The maximum atomic E-state index is 10.2. The molecule has 0 aliphatic carbocycles. The van der Waals surface area contributed by atoms with Crippen LogP contribution in [-0.2, 0) is 0 Å². The minimum atomic E-state index is -0.462. The van der Waals surface area contributed by atoms with Gasteiger partial charge in [-0.05, 0) is 43.7 Å². The first kappa shape index (κ1) is 14.9. The van der Waals surface area contributed by atoms with Crippen LogP contribution in [0.15, 0.2) is 53.4 Å². The van der Waals surface area contributed by atoms with Gasteiger partial charge in [0.1, 0.15) is 5.75 Å². The Labute approximate surface area is 124 Å². The Morgan fingerprint density at radius 1 is 1.15 bits per heavy atom. The van der Waals surface area contributed by atoms with Gasteiger partial charge in [-0.1, -0.05) is 29.8 Å². The molecule has 3 heteroatoms.